The van der Waals surface area contributed by atoms with E-state index in [0.29, 0.717) is 55.6 Å². The highest BCUT2D eigenvalue weighted by Crippen LogP contribution is 2.53. The Morgan fingerprint density at radius 3 is 1.22 bits per heavy atom. The lowest BCUT2D eigenvalue weighted by Crippen LogP contribution is -2.68. The summed E-state index contributed by atoms with van der Waals surface area (Å²) < 4.78 is 115. The predicted octanol–water partition coefficient (Wildman–Crippen LogP) is 29.3. The van der Waals surface area contributed by atoms with Crippen molar-refractivity contribution in [1.82, 2.24) is 10.6 Å². The summed E-state index contributed by atoms with van der Waals surface area (Å²) in [6.07, 6.45) is 25.5. The van der Waals surface area contributed by atoms with Gasteiger partial charge in [0.15, 0.2) is 18.5 Å². The van der Waals surface area contributed by atoms with Crippen LogP contribution in [-0.2, 0) is 95.3 Å². The van der Waals surface area contributed by atoms with Crippen molar-refractivity contribution in [2.45, 2.75) is 413 Å². The Morgan fingerprint density at radius 2 is 0.771 bits per heavy atom. The lowest BCUT2D eigenvalue weighted by molar-refractivity contribution is -0.289. The molecule has 7 aromatic carbocycles. The van der Waals surface area contributed by atoms with Crippen LogP contribution in [0.25, 0.3) is 0 Å². The molecule has 23 nitrogen and oxygen atoms in total. The highest BCUT2D eigenvalue weighted by atomic mass is 35.6. The maximum atomic E-state index is 16.4. The number of hydrogen-bond donors (Lipinski definition) is 3. The molecule has 0 radical (unpaired) electrons. The molecule has 13 atom stereocenters. The Hall–Kier alpha value is -7.68. The first-order valence-electron chi connectivity index (χ1n) is 54.4. The lowest BCUT2D eigenvalue weighted by Gasteiger charge is -2.47. The third kappa shape index (κ3) is 49.2. The van der Waals surface area contributed by atoms with E-state index in [0.717, 1.165) is 120 Å². The number of aliphatic hydroxyl groups is 1. The van der Waals surface area contributed by atoms with Crippen molar-refractivity contribution in [2.75, 3.05) is 39.6 Å². The van der Waals surface area contributed by atoms with Crippen LogP contribution in [0, 0.1) is 0 Å². The fraction of sp³-hybridized carbons (Fsp3) is 0.607. The van der Waals surface area contributed by atoms with Gasteiger partial charge in [-0.05, 0) is 90.6 Å². The Kier molecular flexibility index (Phi) is 60.5. The molecule has 2 amide bonds. The van der Waals surface area contributed by atoms with Gasteiger partial charge in [0.1, 0.15) is 74.0 Å². The van der Waals surface area contributed by atoms with Gasteiger partial charge in [0.05, 0.1) is 50.6 Å². The van der Waals surface area contributed by atoms with E-state index in [2.05, 4.69) is 38.3 Å². The summed E-state index contributed by atoms with van der Waals surface area (Å²) in [5, 5.41) is 19.9. The van der Waals surface area contributed by atoms with Crippen molar-refractivity contribution < 1.29 is 99.3 Å². The molecule has 2 aliphatic rings. The molecule has 0 saturated carbocycles. The number of halogens is 3. The number of rotatable bonds is 78. The zero-order valence-corrected chi connectivity index (χ0v) is 89.4. The molecule has 2 aliphatic heterocycles. The van der Waals surface area contributed by atoms with E-state index in [4.69, 9.17) is 105 Å². The van der Waals surface area contributed by atoms with Crippen LogP contribution in [0.4, 0.5) is 9.59 Å². The average molecular weight is 2080 g/mol. The Bertz CT molecular complexity index is 4410. The minimum Gasteiger partial charge on any atom is -0.451 e. The molecule has 2 saturated heterocycles. The first kappa shape index (κ1) is 120. The first-order chi connectivity index (χ1) is 70.4. The van der Waals surface area contributed by atoms with E-state index < -0.39 is 129 Å². The monoisotopic (exact) mass is 2070 g/mol. The van der Waals surface area contributed by atoms with E-state index in [1.54, 1.807) is 84.9 Å². The molecular formula is C117H168Cl3N2O21P. The number of nitrogens with one attached hydrogen (secondary N) is 2. The Balaban J connectivity index is 1.15. The fourth-order valence-electron chi connectivity index (χ4n) is 18.4. The molecule has 27 heteroatoms. The maximum absolute atomic E-state index is 16.4. The molecule has 2 fully saturated rings. The average Bonchev–Trinajstić information content (AvgIpc) is 0.761. The van der Waals surface area contributed by atoms with Crippen LogP contribution in [-0.4, -0.2) is 152 Å². The summed E-state index contributed by atoms with van der Waals surface area (Å²) in [5.41, 5.74) is 3.80. The second kappa shape index (κ2) is 72.6. The summed E-state index contributed by atoms with van der Waals surface area (Å²) in [5.74, 6) is -1.33. The molecule has 0 unspecified atom stereocenters. The topological polar surface area (TPSA) is 268 Å². The number of carbonyl (C=O) groups is 4. The first-order valence-corrected chi connectivity index (χ1v) is 57.0. The fourth-order valence-corrected chi connectivity index (χ4v) is 20.0. The molecule has 0 aliphatic carbocycles. The lowest BCUT2D eigenvalue weighted by atomic mass is 9.91. The minimum atomic E-state index is -5.11. The van der Waals surface area contributed by atoms with Crippen molar-refractivity contribution in [2.24, 2.45) is 0 Å². The molecular weight excluding hydrogens is 1910 g/mol. The second-order valence-electron chi connectivity index (χ2n) is 38.5. The molecule has 0 spiro atoms. The van der Waals surface area contributed by atoms with Crippen molar-refractivity contribution in [3.8, 4) is 11.5 Å². The van der Waals surface area contributed by atoms with Gasteiger partial charge in [0.2, 0.25) is 9.70 Å². The molecule has 144 heavy (non-hydrogen) atoms. The van der Waals surface area contributed by atoms with Gasteiger partial charge in [-0.2, -0.15) is 0 Å². The van der Waals surface area contributed by atoms with Crippen LogP contribution in [0.15, 0.2) is 212 Å². The number of aliphatic hydroxyl groups excluding tert-OH is 1. The smallest absolute Gasteiger partial charge is 0.451 e. The number of unbranched alkanes of at least 4 members (excludes halogenated alkanes) is 33. The number of phosphoric acid groups is 1. The third-order valence-corrected chi connectivity index (χ3v) is 28.2. The number of benzene rings is 7. The largest absolute Gasteiger partial charge is 0.588 e. The SMILES string of the molecule is CCCCCCCCCCCCO[C@H](CCCCCCCCCCC)CCO[C@@H]1[C@@H](NC(=O)OCC(Cl)(Cl)Cl)[C@H](OC[C@H]2O[C@H](C(=O)OC(c3ccccc3)c3ccccc3)[C@H](NC(=O)C[C@@H](CCCCCCCCCCC)OCc3ccccc3)[C@@H](OCC[C@@H](CCCCCCCCCCC)OCc3ccccc3)[C@@H]2O)O[C@H](COC(=O)OCc2ccccc2)[C@H]1OP(=O)(Oc1ccccc1)Oc1ccccc1. The highest BCUT2D eigenvalue weighted by molar-refractivity contribution is 7.49. The summed E-state index contributed by atoms with van der Waals surface area (Å²) in [6.45, 7) is 7.31. The predicted molar refractivity (Wildman–Crippen MR) is 570 cm³/mol. The number of ether oxygens (including phenoxy) is 12. The van der Waals surface area contributed by atoms with Crippen molar-refractivity contribution in [3.63, 3.8) is 0 Å². The zero-order valence-electron chi connectivity index (χ0n) is 86.3. The van der Waals surface area contributed by atoms with Crippen molar-refractivity contribution in [3.05, 3.63) is 240 Å². The molecule has 2 heterocycles. The number of para-hydroxylation sites is 2. The number of amides is 2. The van der Waals surface area contributed by atoms with Crippen LogP contribution in [0.5, 0.6) is 11.5 Å². The van der Waals surface area contributed by atoms with Gasteiger partial charge in [-0.15, -0.1) is 0 Å². The van der Waals surface area contributed by atoms with Gasteiger partial charge in [-0.1, -0.05) is 482 Å². The van der Waals surface area contributed by atoms with Crippen LogP contribution < -0.4 is 19.7 Å². The molecule has 7 aromatic rings. The molecule has 798 valence electrons. The highest BCUT2D eigenvalue weighted by Gasteiger charge is 2.56. The minimum absolute atomic E-state index is 0.0570. The third-order valence-electron chi connectivity index (χ3n) is 26.5. The summed E-state index contributed by atoms with van der Waals surface area (Å²) in [7, 11) is -5.11. The van der Waals surface area contributed by atoms with E-state index in [-0.39, 0.29) is 63.0 Å². The van der Waals surface area contributed by atoms with E-state index in [1.165, 1.54) is 128 Å². The number of carbonyl (C=O) groups excluding carboxylic acids is 4. The summed E-state index contributed by atoms with van der Waals surface area (Å²) in [4.78, 5) is 61.5. The summed E-state index contributed by atoms with van der Waals surface area (Å²) in [6, 6.07) is 60.6. The number of esters is 1. The number of phosphoric ester groups is 1. The normalized spacial score (nSPS) is 18.7. The maximum Gasteiger partial charge on any atom is 0.588 e. The van der Waals surface area contributed by atoms with Crippen LogP contribution >= 0.6 is 42.6 Å². The van der Waals surface area contributed by atoms with Crippen molar-refractivity contribution in [1.29, 1.82) is 0 Å². The Labute approximate surface area is 875 Å². The molecule has 3 N–H and O–H groups in total. The van der Waals surface area contributed by atoms with Gasteiger partial charge in [-0.25, -0.2) is 18.9 Å². The molecule has 0 bridgehead atoms. The van der Waals surface area contributed by atoms with Gasteiger partial charge in [0.25, 0.3) is 0 Å². The molecule has 0 aromatic heterocycles. The van der Waals surface area contributed by atoms with Crippen LogP contribution in [0.3, 0.4) is 0 Å². The zero-order chi connectivity index (χ0) is 102. The standard InChI is InChI=1S/C117H168Cl3N2O21P/c1-5-9-13-17-21-25-29-33-37-62-82-129-97(73-55-34-30-26-22-18-14-10-6-2)80-84-131-111-106(122-115(126)137-91-117(118,119)120)114(139-103(90-136-116(127)135-88-94-67-49-40-50-68-94)109(111)143-144(128,141-99-75-58-43-59-76-99)142-100-77-60-44-61-78-100)134-89-102-107(124)110(130-83-81-98(132-86-92-63-45-38-46-64-92)74-56-35-31-27-23-19-15-11-7-3)105(112(138-102)113(125)140-108(95-69-51-41-52-70-95)96-71-53-42-54-72-96)121-104(123)85-101(133-87-93-65-47-39-48-66-93)79-57-36-32-28-24-20-16-12-8-4/h38-54,58-61,63-72,75-78,97-98,101-103,105-112,114,124H,5-37,55-57,62,73-74,79-91H2,1-4H3,(H,121,123)(H,122,126)/t97-,98-,101-,102-,103-,105-,106-,107-,109-,110-,111-,112+,114-/m1/s1. The van der Waals surface area contributed by atoms with Gasteiger partial charge in [-0.3, -0.25) is 9.32 Å². The summed E-state index contributed by atoms with van der Waals surface area (Å²) >= 11 is 19.1. The van der Waals surface area contributed by atoms with E-state index in [9.17, 15) is 9.90 Å². The van der Waals surface area contributed by atoms with E-state index in [1.807, 2.05) is 127 Å². The quantitative estimate of drug-likeness (QED) is 0.0105. The Morgan fingerprint density at radius 1 is 0.382 bits per heavy atom. The van der Waals surface area contributed by atoms with Crippen LogP contribution in [0.2, 0.25) is 0 Å². The van der Waals surface area contributed by atoms with Gasteiger partial charge >= 0.3 is 26.0 Å². The number of hydrogen-bond acceptors (Lipinski definition) is 21. The molecule has 9 rings (SSSR count). The van der Waals surface area contributed by atoms with Crippen LogP contribution in [0.1, 0.15) is 338 Å². The van der Waals surface area contributed by atoms with E-state index >= 15 is 18.9 Å². The van der Waals surface area contributed by atoms with Gasteiger partial charge < -0.3 is 81.6 Å². The van der Waals surface area contributed by atoms with Gasteiger partial charge in [0, 0.05) is 19.8 Å². The second-order valence-corrected chi connectivity index (χ2v) is 42.5. The number of alkyl halides is 3. The number of alkyl carbamates (subject to hydrolysis) is 1. The van der Waals surface area contributed by atoms with Crippen molar-refractivity contribution >= 4 is 66.8 Å².